The number of rotatable bonds is 3. The fourth-order valence-electron chi connectivity index (χ4n) is 8.58. The van der Waals surface area contributed by atoms with Gasteiger partial charge in [-0.2, -0.15) is 0 Å². The highest BCUT2D eigenvalue weighted by molar-refractivity contribution is 5.80. The smallest absolute Gasteiger partial charge is 0.0136 e. The van der Waals surface area contributed by atoms with Crippen LogP contribution in [0.3, 0.4) is 0 Å². The standard InChI is InChI=1S/C36H34/c1(23-3-5-25-19-29-31(21-27(23)25)35(15-16-35)13-11-33(29)7-8-33)2-24-4-6-26-20-30-32(22-28(24)26)36(17-18-36)14-12-34(30)9-10-34/h3-4,11-14,19-22H,1-2,5-10,15-18H2. The average molecular weight is 467 g/mol. The predicted molar refractivity (Wildman–Crippen MR) is 147 cm³/mol. The van der Waals surface area contributed by atoms with Crippen molar-refractivity contribution in [3.05, 3.63) is 105 Å². The summed E-state index contributed by atoms with van der Waals surface area (Å²) in [6.45, 7) is 0. The van der Waals surface area contributed by atoms with E-state index in [1.165, 1.54) is 64.2 Å². The fraction of sp³-hybridized carbons (Fsp3) is 0.444. The molecule has 0 bridgehead atoms. The van der Waals surface area contributed by atoms with Crippen LogP contribution in [0.5, 0.6) is 0 Å². The monoisotopic (exact) mass is 466 g/mol. The molecule has 0 aliphatic heterocycles. The SMILES string of the molecule is C1=CC2(CC2)c2cc3c(cc2C12CC2)CC=C3CCC1=CCc2cc3c(cc21)C1(C=CC32CC2)CC1. The van der Waals surface area contributed by atoms with Crippen LogP contribution in [0.15, 0.2) is 60.7 Å². The van der Waals surface area contributed by atoms with Crippen LogP contribution in [0, 0.1) is 0 Å². The number of benzene rings is 2. The molecule has 0 atom stereocenters. The van der Waals surface area contributed by atoms with Gasteiger partial charge in [0.1, 0.15) is 0 Å². The topological polar surface area (TPSA) is 0 Å². The van der Waals surface area contributed by atoms with Gasteiger partial charge < -0.3 is 0 Å². The second-order valence-corrected chi connectivity index (χ2v) is 13.8. The normalized spacial score (nSPS) is 27.6. The summed E-state index contributed by atoms with van der Waals surface area (Å²) in [4.78, 5) is 0. The molecule has 0 heteroatoms. The van der Waals surface area contributed by atoms with Gasteiger partial charge in [-0.05, 0) is 133 Å². The van der Waals surface area contributed by atoms with E-state index in [-0.39, 0.29) is 0 Å². The minimum atomic E-state index is 0.393. The highest BCUT2D eigenvalue weighted by Gasteiger charge is 2.55. The minimum Gasteiger partial charge on any atom is -0.0770 e. The molecule has 2 aromatic carbocycles. The first kappa shape index (κ1) is 19.5. The highest BCUT2D eigenvalue weighted by atomic mass is 14.6. The molecule has 178 valence electrons. The summed E-state index contributed by atoms with van der Waals surface area (Å²) in [6.07, 6.45) is 31.1. The van der Waals surface area contributed by atoms with Crippen molar-refractivity contribution in [1.82, 2.24) is 0 Å². The number of fused-ring (bicyclic) bond motifs is 8. The van der Waals surface area contributed by atoms with Crippen molar-refractivity contribution in [1.29, 1.82) is 0 Å². The third-order valence-corrected chi connectivity index (χ3v) is 11.7. The van der Waals surface area contributed by atoms with Gasteiger partial charge >= 0.3 is 0 Å². The Morgan fingerprint density at radius 1 is 0.444 bits per heavy atom. The molecule has 0 saturated heterocycles. The summed E-state index contributed by atoms with van der Waals surface area (Å²) in [5.74, 6) is 0. The van der Waals surface area contributed by atoms with Crippen LogP contribution in [-0.2, 0) is 34.5 Å². The summed E-state index contributed by atoms with van der Waals surface area (Å²) >= 11 is 0. The van der Waals surface area contributed by atoms with E-state index in [0.29, 0.717) is 21.7 Å². The molecular weight excluding hydrogens is 432 g/mol. The van der Waals surface area contributed by atoms with Gasteiger partial charge in [0.05, 0.1) is 0 Å². The second-order valence-electron chi connectivity index (χ2n) is 13.8. The Balaban J connectivity index is 0.963. The summed E-state index contributed by atoms with van der Waals surface area (Å²) in [5.41, 5.74) is 18.0. The van der Waals surface area contributed by atoms with E-state index >= 15 is 0 Å². The molecule has 8 aliphatic carbocycles. The van der Waals surface area contributed by atoms with Crippen molar-refractivity contribution >= 4 is 11.1 Å². The van der Waals surface area contributed by atoms with Gasteiger partial charge in [0.2, 0.25) is 0 Å². The molecule has 0 unspecified atom stereocenters. The van der Waals surface area contributed by atoms with Gasteiger partial charge in [0.25, 0.3) is 0 Å². The molecule has 4 spiro atoms. The van der Waals surface area contributed by atoms with Gasteiger partial charge in [-0.3, -0.25) is 0 Å². The first-order valence-electron chi connectivity index (χ1n) is 14.8. The second kappa shape index (κ2) is 5.93. The maximum absolute atomic E-state index is 2.66. The van der Waals surface area contributed by atoms with Gasteiger partial charge in [-0.1, -0.05) is 60.7 Å². The van der Waals surface area contributed by atoms with E-state index in [0.717, 1.165) is 12.8 Å². The van der Waals surface area contributed by atoms with Crippen LogP contribution in [0.2, 0.25) is 0 Å². The molecule has 8 aliphatic rings. The molecule has 0 heterocycles. The molecule has 2 aromatic rings. The fourth-order valence-corrected chi connectivity index (χ4v) is 8.58. The maximum Gasteiger partial charge on any atom is 0.0136 e. The number of hydrogen-bond acceptors (Lipinski definition) is 0. The lowest BCUT2D eigenvalue weighted by molar-refractivity contribution is 0.751. The van der Waals surface area contributed by atoms with Crippen molar-refractivity contribution < 1.29 is 0 Å². The van der Waals surface area contributed by atoms with E-state index in [9.17, 15) is 0 Å². The summed E-state index contributed by atoms with van der Waals surface area (Å²) in [5, 5.41) is 0. The van der Waals surface area contributed by atoms with Gasteiger partial charge in [-0.25, -0.2) is 0 Å². The molecule has 36 heavy (non-hydrogen) atoms. The maximum atomic E-state index is 2.66. The summed E-state index contributed by atoms with van der Waals surface area (Å²) in [7, 11) is 0. The largest absolute Gasteiger partial charge is 0.0770 e. The van der Waals surface area contributed by atoms with Gasteiger partial charge in [-0.15, -0.1) is 0 Å². The Bertz CT molecular complexity index is 1420. The Morgan fingerprint density at radius 3 is 1.11 bits per heavy atom. The van der Waals surface area contributed by atoms with E-state index in [4.69, 9.17) is 0 Å². The van der Waals surface area contributed by atoms with Crippen LogP contribution in [0.4, 0.5) is 0 Å². The lowest BCUT2D eigenvalue weighted by atomic mass is 9.75. The molecular formula is C36H34. The lowest BCUT2D eigenvalue weighted by Crippen LogP contribution is -2.20. The third kappa shape index (κ3) is 2.38. The quantitative estimate of drug-likeness (QED) is 0.399. The zero-order valence-corrected chi connectivity index (χ0v) is 21.3. The molecule has 4 saturated carbocycles. The van der Waals surface area contributed by atoms with E-state index in [1.807, 2.05) is 0 Å². The Kier molecular flexibility index (Phi) is 3.21. The minimum absolute atomic E-state index is 0.393. The van der Waals surface area contributed by atoms with Crippen molar-refractivity contribution in [2.75, 3.05) is 0 Å². The highest BCUT2D eigenvalue weighted by Crippen LogP contribution is 2.64. The molecule has 0 aromatic heterocycles. The molecule has 0 radical (unpaired) electrons. The van der Waals surface area contributed by atoms with Crippen molar-refractivity contribution in [2.45, 2.75) is 98.7 Å². The van der Waals surface area contributed by atoms with Gasteiger partial charge in [0, 0.05) is 21.7 Å². The molecule has 10 rings (SSSR count). The van der Waals surface area contributed by atoms with Crippen molar-refractivity contribution in [3.8, 4) is 0 Å². The van der Waals surface area contributed by atoms with E-state index in [2.05, 4.69) is 60.7 Å². The van der Waals surface area contributed by atoms with Crippen molar-refractivity contribution in [2.24, 2.45) is 0 Å². The number of hydrogen-bond donors (Lipinski definition) is 0. The predicted octanol–water partition coefficient (Wildman–Crippen LogP) is 8.31. The van der Waals surface area contributed by atoms with Crippen LogP contribution in [0.25, 0.3) is 11.1 Å². The summed E-state index contributed by atoms with van der Waals surface area (Å²) < 4.78 is 0. The van der Waals surface area contributed by atoms with Gasteiger partial charge in [0.15, 0.2) is 0 Å². The molecule has 0 nitrogen and oxygen atoms in total. The van der Waals surface area contributed by atoms with Crippen LogP contribution in [0.1, 0.15) is 109 Å². The zero-order chi connectivity index (χ0) is 23.3. The third-order valence-electron chi connectivity index (χ3n) is 11.7. The molecule has 4 fully saturated rings. The first-order valence-corrected chi connectivity index (χ1v) is 14.8. The van der Waals surface area contributed by atoms with Crippen LogP contribution < -0.4 is 0 Å². The average Bonchev–Trinajstić information content (AvgIpc) is 3.74. The van der Waals surface area contributed by atoms with E-state index < -0.39 is 0 Å². The summed E-state index contributed by atoms with van der Waals surface area (Å²) in [6, 6.07) is 10.6. The molecule has 0 N–H and O–H groups in total. The Labute approximate surface area is 214 Å². The Morgan fingerprint density at radius 2 is 0.778 bits per heavy atom. The molecule has 0 amide bonds. The zero-order valence-electron chi connectivity index (χ0n) is 21.3. The lowest BCUT2D eigenvalue weighted by Gasteiger charge is -2.28. The first-order chi connectivity index (χ1) is 17.6. The Hall–Kier alpha value is -2.60. The van der Waals surface area contributed by atoms with Crippen molar-refractivity contribution in [3.63, 3.8) is 0 Å². The van der Waals surface area contributed by atoms with Crippen LogP contribution in [-0.4, -0.2) is 0 Å². The van der Waals surface area contributed by atoms with E-state index in [1.54, 1.807) is 55.7 Å². The number of allylic oxidation sites excluding steroid dienone is 8. The van der Waals surface area contributed by atoms with Crippen LogP contribution >= 0.6 is 0 Å².